The number of nitro groups is 1. The summed E-state index contributed by atoms with van der Waals surface area (Å²) in [6.45, 7) is 1.62. The van der Waals surface area contributed by atoms with E-state index in [-0.39, 0.29) is 30.3 Å². The fourth-order valence-corrected chi connectivity index (χ4v) is 1.59. The molecule has 1 rings (SSSR count). The summed E-state index contributed by atoms with van der Waals surface area (Å²) in [5, 5.41) is 11.1. The van der Waals surface area contributed by atoms with Crippen LogP contribution < -0.4 is 0 Å². The first kappa shape index (κ1) is 14.5. The Bertz CT molecular complexity index is 517. The molecular formula is C12H11NO6. The first-order chi connectivity index (χ1) is 9.06. The highest BCUT2D eigenvalue weighted by Crippen LogP contribution is 2.29. The van der Waals surface area contributed by atoms with Gasteiger partial charge in [0.25, 0.3) is 5.69 Å². The number of benzene rings is 1. The van der Waals surface area contributed by atoms with Gasteiger partial charge in [0.2, 0.25) is 0 Å². The van der Waals surface area contributed by atoms with Gasteiger partial charge in [0.15, 0.2) is 0 Å². The molecule has 0 N–H and O–H groups in total. The molecular weight excluding hydrogens is 254 g/mol. The van der Waals surface area contributed by atoms with E-state index in [1.807, 2.05) is 0 Å². The van der Waals surface area contributed by atoms with Gasteiger partial charge in [-0.25, -0.2) is 4.79 Å². The summed E-state index contributed by atoms with van der Waals surface area (Å²) in [6, 6.07) is 3.83. The number of aldehydes is 2. The monoisotopic (exact) mass is 265 g/mol. The third-order valence-electron chi connectivity index (χ3n) is 2.40. The number of rotatable bonds is 6. The van der Waals surface area contributed by atoms with Crippen molar-refractivity contribution >= 4 is 24.2 Å². The lowest BCUT2D eigenvalue weighted by molar-refractivity contribution is -0.385. The maximum Gasteiger partial charge on any atom is 0.345 e. The Kier molecular flexibility index (Phi) is 4.87. The van der Waals surface area contributed by atoms with Crippen LogP contribution >= 0.6 is 0 Å². The van der Waals surface area contributed by atoms with Crippen molar-refractivity contribution in [2.24, 2.45) is 0 Å². The lowest BCUT2D eigenvalue weighted by Gasteiger charge is -2.08. The second-order valence-electron chi connectivity index (χ2n) is 3.52. The molecule has 1 aromatic carbocycles. The highest BCUT2D eigenvalue weighted by Gasteiger charge is 2.29. The molecule has 0 aliphatic rings. The molecule has 7 nitrogen and oxygen atoms in total. The Labute approximate surface area is 108 Å². The van der Waals surface area contributed by atoms with E-state index in [9.17, 15) is 24.5 Å². The lowest BCUT2D eigenvalue weighted by atomic mass is 9.97. The Morgan fingerprint density at radius 3 is 2.53 bits per heavy atom. The van der Waals surface area contributed by atoms with Crippen molar-refractivity contribution in [2.45, 2.75) is 12.8 Å². The van der Waals surface area contributed by atoms with E-state index in [1.165, 1.54) is 18.2 Å². The molecule has 0 fully saturated rings. The molecule has 19 heavy (non-hydrogen) atoms. The summed E-state index contributed by atoms with van der Waals surface area (Å²) >= 11 is 0. The second-order valence-corrected chi connectivity index (χ2v) is 3.52. The van der Waals surface area contributed by atoms with Crippen LogP contribution in [0.5, 0.6) is 0 Å². The van der Waals surface area contributed by atoms with E-state index in [1.54, 1.807) is 6.92 Å². The third-order valence-corrected chi connectivity index (χ3v) is 2.40. The predicted octanol–water partition coefficient (Wildman–Crippen LogP) is 1.25. The molecule has 0 heterocycles. The van der Waals surface area contributed by atoms with Crippen molar-refractivity contribution in [3.63, 3.8) is 0 Å². The summed E-state index contributed by atoms with van der Waals surface area (Å²) in [6.07, 6.45) is 0.564. The van der Waals surface area contributed by atoms with Crippen LogP contribution in [0.1, 0.15) is 28.8 Å². The summed E-state index contributed by atoms with van der Waals surface area (Å²) in [5.41, 5.74) is -0.983. The molecule has 1 aromatic rings. The molecule has 0 aromatic heterocycles. The van der Waals surface area contributed by atoms with Gasteiger partial charge in [-0.15, -0.1) is 0 Å². The second kappa shape index (κ2) is 6.39. The maximum absolute atomic E-state index is 11.6. The fraction of sp³-hybridized carbons (Fsp3) is 0.250. The SMILES string of the molecule is CCOC(=O)c1cccc(C(C=O)C=O)c1[N+](=O)[O-]. The van der Waals surface area contributed by atoms with E-state index >= 15 is 0 Å². The number of para-hydroxylation sites is 1. The summed E-state index contributed by atoms with van der Waals surface area (Å²) in [4.78, 5) is 43.4. The average Bonchev–Trinajstić information content (AvgIpc) is 2.40. The van der Waals surface area contributed by atoms with Crippen molar-refractivity contribution in [3.05, 3.63) is 39.4 Å². The van der Waals surface area contributed by atoms with Gasteiger partial charge in [-0.05, 0) is 13.0 Å². The molecule has 0 aliphatic heterocycles. The molecule has 0 bridgehead atoms. The zero-order valence-corrected chi connectivity index (χ0v) is 10.1. The number of nitro benzene ring substituents is 1. The first-order valence-corrected chi connectivity index (χ1v) is 5.41. The Hall–Kier alpha value is -2.57. The number of esters is 1. The van der Waals surface area contributed by atoms with E-state index in [0.717, 1.165) is 0 Å². The van der Waals surface area contributed by atoms with Gasteiger partial charge in [0.05, 0.1) is 11.5 Å². The Morgan fingerprint density at radius 1 is 1.42 bits per heavy atom. The van der Waals surface area contributed by atoms with Gasteiger partial charge in [-0.1, -0.05) is 12.1 Å². The topological polar surface area (TPSA) is 104 Å². The van der Waals surface area contributed by atoms with E-state index in [0.29, 0.717) is 0 Å². The first-order valence-electron chi connectivity index (χ1n) is 5.41. The number of carbonyl (C=O) groups is 3. The zero-order chi connectivity index (χ0) is 14.4. The largest absolute Gasteiger partial charge is 0.462 e. The quantitative estimate of drug-likeness (QED) is 0.252. The summed E-state index contributed by atoms with van der Waals surface area (Å²) in [5.74, 6) is -2.15. The maximum atomic E-state index is 11.6. The van der Waals surface area contributed by atoms with Gasteiger partial charge in [0, 0.05) is 5.56 Å². The van der Waals surface area contributed by atoms with Crippen LogP contribution in [0.3, 0.4) is 0 Å². The molecule has 100 valence electrons. The van der Waals surface area contributed by atoms with Crippen LogP contribution in [0, 0.1) is 10.1 Å². The highest BCUT2D eigenvalue weighted by molar-refractivity contribution is 5.97. The van der Waals surface area contributed by atoms with Crippen LogP contribution in [0.25, 0.3) is 0 Å². The molecule has 7 heteroatoms. The van der Waals surface area contributed by atoms with Crippen molar-refractivity contribution in [1.82, 2.24) is 0 Å². The van der Waals surface area contributed by atoms with Crippen LogP contribution in [-0.2, 0) is 14.3 Å². The van der Waals surface area contributed by atoms with Crippen LogP contribution in [-0.4, -0.2) is 30.1 Å². The number of hydrogen-bond acceptors (Lipinski definition) is 6. The minimum atomic E-state index is -1.28. The number of carbonyl (C=O) groups excluding carboxylic acids is 3. The highest BCUT2D eigenvalue weighted by atomic mass is 16.6. The molecule has 0 amide bonds. The summed E-state index contributed by atoms with van der Waals surface area (Å²) in [7, 11) is 0. The van der Waals surface area contributed by atoms with E-state index in [2.05, 4.69) is 0 Å². The molecule has 0 atom stereocenters. The van der Waals surface area contributed by atoms with Crippen molar-refractivity contribution in [2.75, 3.05) is 6.61 Å². The third kappa shape index (κ3) is 3.01. The van der Waals surface area contributed by atoms with Gasteiger partial charge in [0.1, 0.15) is 24.1 Å². The minimum Gasteiger partial charge on any atom is -0.462 e. The normalized spacial score (nSPS) is 10.0. The minimum absolute atomic E-state index is 0.0605. The van der Waals surface area contributed by atoms with Gasteiger partial charge >= 0.3 is 5.97 Å². The van der Waals surface area contributed by atoms with Gasteiger partial charge in [-0.2, -0.15) is 0 Å². The van der Waals surface area contributed by atoms with Crippen molar-refractivity contribution < 1.29 is 24.0 Å². The summed E-state index contributed by atoms with van der Waals surface area (Å²) < 4.78 is 4.70. The van der Waals surface area contributed by atoms with Crippen molar-refractivity contribution in [3.8, 4) is 0 Å². The zero-order valence-electron chi connectivity index (χ0n) is 10.1. The van der Waals surface area contributed by atoms with E-state index in [4.69, 9.17) is 4.74 Å². The van der Waals surface area contributed by atoms with Gasteiger partial charge < -0.3 is 14.3 Å². The molecule has 0 unspecified atom stereocenters. The van der Waals surface area contributed by atoms with Crippen molar-refractivity contribution in [1.29, 1.82) is 0 Å². The van der Waals surface area contributed by atoms with E-state index < -0.39 is 22.5 Å². The fourth-order valence-electron chi connectivity index (χ4n) is 1.59. The Balaban J connectivity index is 3.45. The molecule has 0 saturated carbocycles. The smallest absolute Gasteiger partial charge is 0.345 e. The van der Waals surface area contributed by atoms with Crippen LogP contribution in [0.2, 0.25) is 0 Å². The molecule has 0 spiro atoms. The average molecular weight is 265 g/mol. The number of ether oxygens (including phenoxy) is 1. The van der Waals surface area contributed by atoms with Gasteiger partial charge in [-0.3, -0.25) is 10.1 Å². The predicted molar refractivity (Wildman–Crippen MR) is 63.9 cm³/mol. The number of hydrogen-bond donors (Lipinski definition) is 0. The van der Waals surface area contributed by atoms with Crippen LogP contribution in [0.15, 0.2) is 18.2 Å². The van der Waals surface area contributed by atoms with Crippen LogP contribution in [0.4, 0.5) is 5.69 Å². The molecule has 0 aliphatic carbocycles. The molecule has 0 saturated heterocycles. The standard InChI is InChI=1S/C12H11NO6/c1-2-19-12(16)10-5-3-4-9(8(6-14)7-15)11(10)13(17)18/h3-8H,2H2,1H3. The molecule has 0 radical (unpaired) electrons. The lowest BCUT2D eigenvalue weighted by Crippen LogP contribution is -2.12. The number of nitrogens with zero attached hydrogens (tertiary/aromatic N) is 1. The Morgan fingerprint density at radius 2 is 2.05 bits per heavy atom.